The zero-order valence-corrected chi connectivity index (χ0v) is 19.0. The SMILES string of the molecule is Nc1nc(N)c2nc(CN([O-])N3CCc4cc(C(=O)[C@@H](CCCC(=O)O)C(=O)O)ccc43)cnc2n1. The van der Waals surface area contributed by atoms with Crippen molar-refractivity contribution in [1.29, 1.82) is 0 Å². The highest BCUT2D eigenvalue weighted by molar-refractivity contribution is 6.08. The van der Waals surface area contributed by atoms with Gasteiger partial charge in [0.1, 0.15) is 5.92 Å². The van der Waals surface area contributed by atoms with Crippen LogP contribution in [0, 0.1) is 11.1 Å². The van der Waals surface area contributed by atoms with Crippen molar-refractivity contribution in [2.24, 2.45) is 5.92 Å². The minimum Gasteiger partial charge on any atom is -0.767 e. The first-order valence-electron chi connectivity index (χ1n) is 11.0. The molecule has 3 aromatic rings. The van der Waals surface area contributed by atoms with E-state index in [2.05, 4.69) is 19.9 Å². The number of hydrazine groups is 1. The van der Waals surface area contributed by atoms with Crippen LogP contribution in [0.3, 0.4) is 0 Å². The summed E-state index contributed by atoms with van der Waals surface area (Å²) in [5, 5.41) is 33.4. The van der Waals surface area contributed by atoms with E-state index in [1.54, 1.807) is 12.1 Å². The Labute approximate surface area is 204 Å². The summed E-state index contributed by atoms with van der Waals surface area (Å²) in [6.07, 6.45) is 1.64. The molecule has 0 saturated heterocycles. The molecule has 1 aliphatic heterocycles. The lowest BCUT2D eigenvalue weighted by atomic mass is 9.91. The first kappa shape index (κ1) is 24.7. The van der Waals surface area contributed by atoms with Crippen LogP contribution in [0.25, 0.3) is 11.2 Å². The van der Waals surface area contributed by atoms with Crippen molar-refractivity contribution in [1.82, 2.24) is 25.1 Å². The van der Waals surface area contributed by atoms with Crippen molar-refractivity contribution in [2.45, 2.75) is 32.2 Å². The van der Waals surface area contributed by atoms with Crippen molar-refractivity contribution in [3.05, 3.63) is 46.4 Å². The molecule has 1 aromatic carbocycles. The number of Topliss-reactive ketones (excluding diaryl/α,β-unsaturated/α-hetero) is 1. The normalized spacial score (nSPS) is 13.7. The summed E-state index contributed by atoms with van der Waals surface area (Å²) in [7, 11) is 0. The molecule has 1 atom stereocenters. The number of aliphatic carboxylic acids is 2. The number of anilines is 3. The number of nitrogens with two attached hydrogens (primary N) is 2. The Balaban J connectivity index is 1.48. The largest absolute Gasteiger partial charge is 0.767 e. The lowest BCUT2D eigenvalue weighted by molar-refractivity contribution is -0.141. The number of rotatable bonds is 10. The van der Waals surface area contributed by atoms with Crippen LogP contribution in [0.2, 0.25) is 0 Å². The molecule has 0 amide bonds. The molecule has 6 N–H and O–H groups in total. The molecule has 0 spiro atoms. The van der Waals surface area contributed by atoms with E-state index in [0.717, 1.165) is 0 Å². The number of hydrogen-bond acceptors (Lipinski definition) is 12. The van der Waals surface area contributed by atoms with Gasteiger partial charge in [-0.25, -0.2) is 9.97 Å². The maximum Gasteiger partial charge on any atom is 0.314 e. The average molecular weight is 495 g/mol. The molecule has 0 saturated carbocycles. The van der Waals surface area contributed by atoms with Crippen LogP contribution < -0.4 is 16.5 Å². The number of hydrogen-bond donors (Lipinski definition) is 4. The van der Waals surface area contributed by atoms with Crippen molar-refractivity contribution >= 4 is 46.3 Å². The number of ketones is 1. The van der Waals surface area contributed by atoms with Gasteiger partial charge in [0.25, 0.3) is 0 Å². The highest BCUT2D eigenvalue weighted by Crippen LogP contribution is 2.31. The number of nitrogens with zero attached hydrogens (tertiary/aromatic N) is 6. The lowest BCUT2D eigenvalue weighted by Gasteiger charge is -2.38. The predicted molar refractivity (Wildman–Crippen MR) is 127 cm³/mol. The third kappa shape index (κ3) is 5.13. The smallest absolute Gasteiger partial charge is 0.314 e. The van der Waals surface area contributed by atoms with Crippen molar-refractivity contribution in [3.63, 3.8) is 0 Å². The number of benzene rings is 1. The Kier molecular flexibility index (Phi) is 6.89. The second kappa shape index (κ2) is 10.1. The van der Waals surface area contributed by atoms with E-state index in [9.17, 15) is 24.7 Å². The van der Waals surface area contributed by atoms with Crippen molar-refractivity contribution < 1.29 is 24.6 Å². The zero-order chi connectivity index (χ0) is 26.0. The third-order valence-electron chi connectivity index (χ3n) is 5.80. The summed E-state index contributed by atoms with van der Waals surface area (Å²) in [6.45, 7) is 0.206. The van der Waals surface area contributed by atoms with Gasteiger partial charge in [-0.1, -0.05) is 0 Å². The monoisotopic (exact) mass is 495 g/mol. The van der Waals surface area contributed by atoms with Crippen molar-refractivity contribution in [2.75, 3.05) is 23.0 Å². The van der Waals surface area contributed by atoms with Crippen LogP contribution in [0.5, 0.6) is 0 Å². The Hall–Kier alpha value is -4.43. The van der Waals surface area contributed by atoms with Gasteiger partial charge in [-0.3, -0.25) is 19.6 Å². The van der Waals surface area contributed by atoms with E-state index in [4.69, 9.17) is 16.6 Å². The first-order chi connectivity index (χ1) is 17.1. The highest BCUT2D eigenvalue weighted by atomic mass is 16.5. The standard InChI is InChI=1S/C22H23N8O6/c23-19-17-20(28-22(24)27-19)25-9-13(26-17)10-30(36)29-7-6-11-8-12(4-5-15(11)29)18(33)14(21(34)35)2-1-3-16(31)32/h4-5,8-9,14H,1-3,6-7,10H2,(H,31,32)(H,34,35)(H4,23,24,25,27,28)/q-1/t14-/m1/s1. The molecule has 36 heavy (non-hydrogen) atoms. The second-order valence-corrected chi connectivity index (χ2v) is 8.27. The highest BCUT2D eigenvalue weighted by Gasteiger charge is 2.29. The molecular formula is C22H23N8O6-. The Morgan fingerprint density at radius 1 is 1.17 bits per heavy atom. The van der Waals surface area contributed by atoms with Gasteiger partial charge in [0, 0.05) is 25.1 Å². The van der Waals surface area contributed by atoms with Crippen LogP contribution in [0.4, 0.5) is 17.5 Å². The van der Waals surface area contributed by atoms with Crippen LogP contribution in [-0.4, -0.2) is 59.6 Å². The van der Waals surface area contributed by atoms with Gasteiger partial charge < -0.3 is 31.9 Å². The van der Waals surface area contributed by atoms with Crippen LogP contribution in [-0.2, 0) is 22.6 Å². The molecule has 0 radical (unpaired) electrons. The first-order valence-corrected chi connectivity index (χ1v) is 11.0. The Bertz CT molecular complexity index is 1350. The summed E-state index contributed by atoms with van der Waals surface area (Å²) in [4.78, 5) is 51.4. The maximum atomic E-state index is 12.9. The van der Waals surface area contributed by atoms with Gasteiger partial charge in [0.2, 0.25) is 5.95 Å². The van der Waals surface area contributed by atoms with Crippen molar-refractivity contribution in [3.8, 4) is 0 Å². The minimum atomic E-state index is -1.34. The summed E-state index contributed by atoms with van der Waals surface area (Å²) in [5.41, 5.74) is 13.7. The number of carboxylic acids is 2. The molecule has 0 bridgehead atoms. The summed E-state index contributed by atoms with van der Waals surface area (Å²) < 4.78 is 0. The fraction of sp³-hybridized carbons (Fsp3) is 0.318. The topological polar surface area (TPSA) is 225 Å². The zero-order valence-electron chi connectivity index (χ0n) is 19.0. The molecule has 14 nitrogen and oxygen atoms in total. The maximum absolute atomic E-state index is 12.9. The molecule has 0 fully saturated rings. The van der Waals surface area contributed by atoms with Gasteiger partial charge in [0.15, 0.2) is 22.8 Å². The number of aromatic nitrogens is 4. The van der Waals surface area contributed by atoms with Crippen LogP contribution in [0.15, 0.2) is 24.4 Å². The Morgan fingerprint density at radius 3 is 2.67 bits per heavy atom. The van der Waals surface area contributed by atoms with Crippen LogP contribution >= 0.6 is 0 Å². The molecule has 4 rings (SSSR count). The fourth-order valence-corrected chi connectivity index (χ4v) is 4.08. The minimum absolute atomic E-state index is 0.0334. The second-order valence-electron chi connectivity index (χ2n) is 8.27. The molecule has 14 heteroatoms. The number of carboxylic acid groups (broad SMARTS) is 2. The molecule has 0 aliphatic carbocycles. The fourth-order valence-electron chi connectivity index (χ4n) is 4.08. The van der Waals surface area contributed by atoms with E-state index in [-0.39, 0.29) is 54.3 Å². The summed E-state index contributed by atoms with van der Waals surface area (Å²) in [6, 6.07) is 4.65. The van der Waals surface area contributed by atoms with E-state index in [0.29, 0.717) is 35.1 Å². The average Bonchev–Trinajstić information content (AvgIpc) is 3.25. The van der Waals surface area contributed by atoms with E-state index in [1.807, 2.05) is 0 Å². The number of nitrogen functional groups attached to an aromatic ring is 2. The van der Waals surface area contributed by atoms with Gasteiger partial charge in [0.05, 0.1) is 17.6 Å². The van der Waals surface area contributed by atoms with E-state index < -0.39 is 23.6 Å². The predicted octanol–water partition coefficient (Wildman–Crippen LogP) is 1.00. The van der Waals surface area contributed by atoms with Crippen LogP contribution in [0.1, 0.15) is 40.9 Å². The van der Waals surface area contributed by atoms with Gasteiger partial charge >= 0.3 is 11.9 Å². The Morgan fingerprint density at radius 2 is 1.94 bits per heavy atom. The van der Waals surface area contributed by atoms with Gasteiger partial charge in [-0.05, 0) is 43.0 Å². The number of carbonyl (C=O) groups is 3. The lowest BCUT2D eigenvalue weighted by Crippen LogP contribution is -2.37. The number of fused-ring (bicyclic) bond motifs is 2. The number of hydroxylamine groups is 1. The summed E-state index contributed by atoms with van der Waals surface area (Å²) in [5.74, 6) is -4.27. The van der Waals surface area contributed by atoms with Gasteiger partial charge in [-0.15, -0.1) is 0 Å². The molecule has 2 aromatic heterocycles. The number of carbonyl (C=O) groups excluding carboxylic acids is 1. The van der Waals surface area contributed by atoms with Gasteiger partial charge in [-0.2, -0.15) is 9.97 Å². The molecule has 1 aliphatic rings. The third-order valence-corrected chi connectivity index (χ3v) is 5.80. The quantitative estimate of drug-likeness (QED) is 0.175. The molecule has 0 unspecified atom stereocenters. The molecule has 3 heterocycles. The van der Waals surface area contributed by atoms with E-state index >= 15 is 0 Å². The summed E-state index contributed by atoms with van der Waals surface area (Å²) >= 11 is 0. The van der Waals surface area contributed by atoms with E-state index in [1.165, 1.54) is 17.3 Å². The molecule has 188 valence electrons. The molecular weight excluding hydrogens is 472 g/mol.